The third-order valence-electron chi connectivity index (χ3n) is 3.22. The van der Waals surface area contributed by atoms with Gasteiger partial charge in [0.2, 0.25) is 0 Å². The Morgan fingerprint density at radius 1 is 1.47 bits per heavy atom. The van der Waals surface area contributed by atoms with E-state index in [0.717, 1.165) is 31.6 Å². The molecular weight excluding hydrogens is 355 g/mol. The van der Waals surface area contributed by atoms with Gasteiger partial charge in [-0.15, -0.1) is 0 Å². The number of ether oxygens (including phenoxy) is 1. The summed E-state index contributed by atoms with van der Waals surface area (Å²) in [6.45, 7) is 3.81. The lowest BCUT2D eigenvalue weighted by atomic mass is 10.1. The summed E-state index contributed by atoms with van der Waals surface area (Å²) >= 11 is 2.31. The van der Waals surface area contributed by atoms with E-state index in [-0.39, 0.29) is 6.09 Å². The Balaban J connectivity index is 1.82. The van der Waals surface area contributed by atoms with Crippen LogP contribution in [0.5, 0.6) is 0 Å². The number of amides is 1. The molecule has 0 saturated carbocycles. The largest absolute Gasteiger partial charge is 0.450 e. The zero-order chi connectivity index (χ0) is 13.7. The number of hydrogen-bond acceptors (Lipinski definition) is 3. The Morgan fingerprint density at radius 2 is 2.21 bits per heavy atom. The molecule has 104 valence electrons. The van der Waals surface area contributed by atoms with E-state index in [4.69, 9.17) is 4.74 Å². The van der Waals surface area contributed by atoms with E-state index in [1.807, 2.05) is 6.92 Å². The molecule has 0 aromatic heterocycles. The lowest BCUT2D eigenvalue weighted by molar-refractivity contribution is 0.0983. The van der Waals surface area contributed by atoms with Gasteiger partial charge in [0.1, 0.15) is 0 Å². The number of nitrogens with zero attached hydrogens (tertiary/aromatic N) is 1. The number of hydrogen-bond donors (Lipinski definition) is 1. The van der Waals surface area contributed by atoms with Gasteiger partial charge < -0.3 is 15.0 Å². The molecule has 1 N–H and O–H groups in total. The second-order valence-electron chi connectivity index (χ2n) is 4.61. The molecule has 0 spiro atoms. The van der Waals surface area contributed by atoms with Crippen LogP contribution in [0.25, 0.3) is 0 Å². The first-order valence-corrected chi connectivity index (χ1v) is 7.70. The molecule has 2 rings (SSSR count). The third-order valence-corrected chi connectivity index (χ3v) is 3.89. The second-order valence-corrected chi connectivity index (χ2v) is 5.86. The highest BCUT2D eigenvalue weighted by Gasteiger charge is 2.23. The Bertz CT molecular complexity index is 431. The van der Waals surface area contributed by atoms with Crippen LogP contribution in [-0.2, 0) is 4.74 Å². The minimum atomic E-state index is -0.185. The van der Waals surface area contributed by atoms with Crippen LogP contribution in [0.2, 0.25) is 0 Å². The number of piperidine rings is 1. The van der Waals surface area contributed by atoms with E-state index in [1.165, 1.54) is 3.57 Å². The molecule has 0 unspecified atom stereocenters. The summed E-state index contributed by atoms with van der Waals surface area (Å²) in [7, 11) is 0. The van der Waals surface area contributed by atoms with E-state index in [0.29, 0.717) is 12.6 Å². The van der Waals surface area contributed by atoms with Gasteiger partial charge in [0.15, 0.2) is 0 Å². The molecule has 0 atom stereocenters. The number of nitrogens with one attached hydrogen (secondary N) is 1. The number of anilines is 1. The minimum absolute atomic E-state index is 0.185. The normalized spacial score (nSPS) is 16.2. The molecule has 1 aliphatic heterocycles. The van der Waals surface area contributed by atoms with Gasteiger partial charge in [-0.2, -0.15) is 0 Å². The second kappa shape index (κ2) is 6.98. The number of carbonyl (C=O) groups is 1. The van der Waals surface area contributed by atoms with Crippen molar-refractivity contribution >= 4 is 34.4 Å². The molecule has 0 bridgehead atoms. The molecule has 1 heterocycles. The topological polar surface area (TPSA) is 41.6 Å². The first kappa shape index (κ1) is 14.4. The van der Waals surface area contributed by atoms with E-state index < -0.39 is 0 Å². The standard InChI is InChI=1S/C14H19IN2O2/c1-2-19-14(18)17-8-6-12(7-9-17)16-13-5-3-4-11(15)10-13/h3-5,10,12,16H,2,6-9H2,1H3. The van der Waals surface area contributed by atoms with E-state index in [2.05, 4.69) is 52.2 Å². The molecule has 19 heavy (non-hydrogen) atoms. The number of likely N-dealkylation sites (tertiary alicyclic amines) is 1. The fourth-order valence-corrected chi connectivity index (χ4v) is 2.78. The van der Waals surface area contributed by atoms with Crippen molar-refractivity contribution < 1.29 is 9.53 Å². The van der Waals surface area contributed by atoms with Gasteiger partial charge >= 0.3 is 6.09 Å². The van der Waals surface area contributed by atoms with E-state index in [9.17, 15) is 4.79 Å². The summed E-state index contributed by atoms with van der Waals surface area (Å²) in [4.78, 5) is 13.4. The Kier molecular flexibility index (Phi) is 5.30. The van der Waals surface area contributed by atoms with Gasteiger partial charge in [0, 0.05) is 28.4 Å². The lowest BCUT2D eigenvalue weighted by Gasteiger charge is -2.32. The average Bonchev–Trinajstić information content (AvgIpc) is 2.40. The maximum Gasteiger partial charge on any atom is 0.409 e. The Hall–Kier alpha value is -0.980. The van der Waals surface area contributed by atoms with Crippen LogP contribution < -0.4 is 5.32 Å². The fourth-order valence-electron chi connectivity index (χ4n) is 2.24. The molecule has 1 aromatic rings. The summed E-state index contributed by atoms with van der Waals surface area (Å²) in [5.74, 6) is 0. The average molecular weight is 374 g/mol. The monoisotopic (exact) mass is 374 g/mol. The summed E-state index contributed by atoms with van der Waals surface area (Å²) in [6, 6.07) is 8.79. The smallest absolute Gasteiger partial charge is 0.409 e. The van der Waals surface area contributed by atoms with Crippen LogP contribution in [0.3, 0.4) is 0 Å². The molecule has 0 radical (unpaired) electrons. The Morgan fingerprint density at radius 3 is 2.84 bits per heavy atom. The summed E-state index contributed by atoms with van der Waals surface area (Å²) < 4.78 is 6.24. The van der Waals surface area contributed by atoms with Crippen molar-refractivity contribution in [2.75, 3.05) is 25.0 Å². The van der Waals surface area contributed by atoms with Gasteiger partial charge in [-0.1, -0.05) is 6.07 Å². The van der Waals surface area contributed by atoms with Crippen molar-refractivity contribution in [1.29, 1.82) is 0 Å². The van der Waals surface area contributed by atoms with Crippen molar-refractivity contribution in [2.45, 2.75) is 25.8 Å². The summed E-state index contributed by atoms with van der Waals surface area (Å²) in [5, 5.41) is 3.53. The number of rotatable bonds is 3. The highest BCUT2D eigenvalue weighted by atomic mass is 127. The van der Waals surface area contributed by atoms with Gasteiger partial charge in [-0.3, -0.25) is 0 Å². The van der Waals surface area contributed by atoms with Crippen LogP contribution in [0.4, 0.5) is 10.5 Å². The first-order valence-electron chi connectivity index (χ1n) is 6.63. The van der Waals surface area contributed by atoms with Gasteiger partial charge in [0.25, 0.3) is 0 Å². The van der Waals surface area contributed by atoms with Crippen LogP contribution in [0.15, 0.2) is 24.3 Å². The third kappa shape index (κ3) is 4.26. The highest BCUT2D eigenvalue weighted by molar-refractivity contribution is 14.1. The fraction of sp³-hybridized carbons (Fsp3) is 0.500. The summed E-state index contributed by atoms with van der Waals surface area (Å²) in [6.07, 6.45) is 1.74. The van der Waals surface area contributed by atoms with Crippen LogP contribution in [0, 0.1) is 3.57 Å². The van der Waals surface area contributed by atoms with E-state index >= 15 is 0 Å². The number of halogens is 1. The molecule has 1 aliphatic rings. The number of benzene rings is 1. The molecule has 1 fully saturated rings. The van der Waals surface area contributed by atoms with Crippen molar-refractivity contribution in [1.82, 2.24) is 4.90 Å². The predicted octanol–water partition coefficient (Wildman–Crippen LogP) is 3.32. The summed E-state index contributed by atoms with van der Waals surface area (Å²) in [5.41, 5.74) is 1.15. The molecule has 5 heteroatoms. The minimum Gasteiger partial charge on any atom is -0.450 e. The number of carbonyl (C=O) groups excluding carboxylic acids is 1. The van der Waals surface area contributed by atoms with Crippen LogP contribution in [-0.4, -0.2) is 36.7 Å². The molecule has 1 saturated heterocycles. The SMILES string of the molecule is CCOC(=O)N1CCC(Nc2cccc(I)c2)CC1. The maximum absolute atomic E-state index is 11.6. The quantitative estimate of drug-likeness (QED) is 0.826. The highest BCUT2D eigenvalue weighted by Crippen LogP contribution is 2.18. The molecule has 1 aromatic carbocycles. The maximum atomic E-state index is 11.6. The van der Waals surface area contributed by atoms with Crippen molar-refractivity contribution in [3.63, 3.8) is 0 Å². The molecule has 4 nitrogen and oxygen atoms in total. The van der Waals surface area contributed by atoms with Gasteiger partial charge in [-0.05, 0) is 60.6 Å². The Labute approximate surface area is 127 Å². The lowest BCUT2D eigenvalue weighted by Crippen LogP contribution is -2.42. The first-order chi connectivity index (χ1) is 9.19. The molecule has 0 aliphatic carbocycles. The predicted molar refractivity (Wildman–Crippen MR) is 84.4 cm³/mol. The molecule has 1 amide bonds. The van der Waals surface area contributed by atoms with E-state index in [1.54, 1.807) is 4.90 Å². The van der Waals surface area contributed by atoms with Crippen molar-refractivity contribution in [3.8, 4) is 0 Å². The van der Waals surface area contributed by atoms with Crippen molar-refractivity contribution in [3.05, 3.63) is 27.8 Å². The van der Waals surface area contributed by atoms with Gasteiger partial charge in [0.05, 0.1) is 6.61 Å². The van der Waals surface area contributed by atoms with Gasteiger partial charge in [-0.25, -0.2) is 4.79 Å². The van der Waals surface area contributed by atoms with Crippen LogP contribution >= 0.6 is 22.6 Å². The molecular formula is C14H19IN2O2. The zero-order valence-electron chi connectivity index (χ0n) is 11.1. The van der Waals surface area contributed by atoms with Crippen molar-refractivity contribution in [2.24, 2.45) is 0 Å². The zero-order valence-corrected chi connectivity index (χ0v) is 13.2. The van der Waals surface area contributed by atoms with Crippen LogP contribution in [0.1, 0.15) is 19.8 Å².